The van der Waals surface area contributed by atoms with Crippen molar-refractivity contribution in [2.45, 2.75) is 32.9 Å². The third-order valence-electron chi connectivity index (χ3n) is 4.50. The van der Waals surface area contributed by atoms with Crippen molar-refractivity contribution >= 4 is 17.9 Å². The molecule has 2 aromatic rings. The summed E-state index contributed by atoms with van der Waals surface area (Å²) in [5.41, 5.74) is 3.26. The second-order valence-electron chi connectivity index (χ2n) is 6.76. The molecule has 1 aromatic heterocycles. The van der Waals surface area contributed by atoms with E-state index in [0.29, 0.717) is 18.3 Å². The van der Waals surface area contributed by atoms with Gasteiger partial charge in [-0.05, 0) is 31.9 Å². The Kier molecular flexibility index (Phi) is 6.54. The van der Waals surface area contributed by atoms with Gasteiger partial charge in [-0.2, -0.15) is 0 Å². The number of esters is 1. The molecule has 0 saturated carbocycles. The molecule has 0 aliphatic carbocycles. The minimum absolute atomic E-state index is 0.361. The van der Waals surface area contributed by atoms with Crippen LogP contribution in [0.2, 0.25) is 0 Å². The molecule has 142 valence electrons. The van der Waals surface area contributed by atoms with Gasteiger partial charge in [-0.3, -0.25) is 9.88 Å². The van der Waals surface area contributed by atoms with Crippen molar-refractivity contribution in [2.24, 2.45) is 0 Å². The Labute approximate surface area is 160 Å². The number of hydrogen-bond acceptors (Lipinski definition) is 6. The lowest BCUT2D eigenvalue weighted by Gasteiger charge is -2.17. The van der Waals surface area contributed by atoms with Crippen molar-refractivity contribution in [3.05, 3.63) is 59.6 Å². The van der Waals surface area contributed by atoms with Crippen molar-refractivity contribution in [2.75, 3.05) is 25.0 Å². The Morgan fingerprint density at radius 2 is 2.11 bits per heavy atom. The van der Waals surface area contributed by atoms with Gasteiger partial charge in [-0.15, -0.1) is 0 Å². The first-order chi connectivity index (χ1) is 13.1. The highest BCUT2D eigenvalue weighted by molar-refractivity contribution is 5.86. The summed E-state index contributed by atoms with van der Waals surface area (Å²) in [6.45, 7) is 7.27. The third kappa shape index (κ3) is 5.89. The van der Waals surface area contributed by atoms with Crippen LogP contribution in [0.5, 0.6) is 0 Å². The van der Waals surface area contributed by atoms with Crippen LogP contribution in [0.15, 0.2) is 42.7 Å². The summed E-state index contributed by atoms with van der Waals surface area (Å²) in [6.07, 6.45) is 7.40. The predicted molar refractivity (Wildman–Crippen MR) is 106 cm³/mol. The van der Waals surface area contributed by atoms with Gasteiger partial charge >= 0.3 is 5.97 Å². The summed E-state index contributed by atoms with van der Waals surface area (Å²) < 4.78 is 4.84. The van der Waals surface area contributed by atoms with Crippen LogP contribution in [0.1, 0.15) is 30.2 Å². The number of anilines is 1. The van der Waals surface area contributed by atoms with Crippen LogP contribution in [0, 0.1) is 6.92 Å². The van der Waals surface area contributed by atoms with E-state index in [0.717, 1.165) is 31.9 Å². The number of benzene rings is 1. The van der Waals surface area contributed by atoms with E-state index in [9.17, 15) is 4.79 Å². The molecular formula is C21H26N4O2. The van der Waals surface area contributed by atoms with Crippen molar-refractivity contribution in [3.8, 4) is 0 Å². The van der Waals surface area contributed by atoms with Crippen molar-refractivity contribution in [1.29, 1.82) is 0 Å². The molecule has 1 fully saturated rings. The van der Waals surface area contributed by atoms with E-state index in [-0.39, 0.29) is 5.97 Å². The number of hydrogen-bond donors (Lipinski definition) is 1. The maximum absolute atomic E-state index is 11.3. The maximum Gasteiger partial charge on any atom is 0.330 e. The minimum Gasteiger partial charge on any atom is -0.463 e. The normalized spacial score (nSPS) is 17.3. The lowest BCUT2D eigenvalue weighted by atomic mass is 10.1. The summed E-state index contributed by atoms with van der Waals surface area (Å²) in [5.74, 6) is 0.381. The lowest BCUT2D eigenvalue weighted by Crippen LogP contribution is -2.26. The largest absolute Gasteiger partial charge is 0.463 e. The molecule has 1 N–H and O–H groups in total. The van der Waals surface area contributed by atoms with Crippen LogP contribution in [0.4, 0.5) is 5.82 Å². The molecule has 0 spiro atoms. The number of ether oxygens (including phenoxy) is 1. The van der Waals surface area contributed by atoms with Crippen LogP contribution in [-0.4, -0.2) is 46.6 Å². The van der Waals surface area contributed by atoms with Crippen molar-refractivity contribution < 1.29 is 9.53 Å². The van der Waals surface area contributed by atoms with E-state index in [1.165, 1.54) is 17.2 Å². The Morgan fingerprint density at radius 1 is 1.30 bits per heavy atom. The number of nitrogens with one attached hydrogen (secondary N) is 1. The fourth-order valence-corrected chi connectivity index (χ4v) is 3.10. The SMILES string of the molecule is CCOC(=O)/C=C/c1cnc(N[C@@H]2CCN(Cc3ccc(C)cc3)C2)cn1. The number of rotatable bonds is 7. The molecule has 1 aromatic carbocycles. The highest BCUT2D eigenvalue weighted by Crippen LogP contribution is 2.17. The first kappa shape index (κ1) is 19.0. The molecule has 6 nitrogen and oxygen atoms in total. The zero-order chi connectivity index (χ0) is 19.1. The molecule has 0 radical (unpaired) electrons. The second kappa shape index (κ2) is 9.28. The third-order valence-corrected chi connectivity index (χ3v) is 4.50. The van der Waals surface area contributed by atoms with E-state index in [2.05, 4.69) is 51.4 Å². The van der Waals surface area contributed by atoms with E-state index >= 15 is 0 Å². The first-order valence-electron chi connectivity index (χ1n) is 9.33. The number of carbonyl (C=O) groups is 1. The van der Waals surface area contributed by atoms with Gasteiger partial charge < -0.3 is 10.1 Å². The number of nitrogens with zero attached hydrogens (tertiary/aromatic N) is 3. The first-order valence-corrected chi connectivity index (χ1v) is 9.33. The standard InChI is InChI=1S/C21H26N4O2/c1-3-27-21(26)9-8-18-12-23-20(13-22-18)24-19-10-11-25(15-19)14-17-6-4-16(2)5-7-17/h4-9,12-13,19H,3,10-11,14-15H2,1-2H3,(H,23,24)/b9-8+/t19-/m1/s1. The molecule has 1 aliphatic heterocycles. The molecule has 2 heterocycles. The van der Waals surface area contributed by atoms with Crippen LogP contribution in [0.25, 0.3) is 6.08 Å². The number of aryl methyl sites for hydroxylation is 1. The molecule has 0 amide bonds. The fraction of sp³-hybridized carbons (Fsp3) is 0.381. The zero-order valence-electron chi connectivity index (χ0n) is 15.9. The zero-order valence-corrected chi connectivity index (χ0v) is 15.9. The monoisotopic (exact) mass is 366 g/mol. The van der Waals surface area contributed by atoms with Gasteiger partial charge in [0, 0.05) is 31.8 Å². The summed E-state index contributed by atoms with van der Waals surface area (Å²) in [4.78, 5) is 22.5. The van der Waals surface area contributed by atoms with Crippen LogP contribution < -0.4 is 5.32 Å². The predicted octanol–water partition coefficient (Wildman–Crippen LogP) is 3.05. The lowest BCUT2D eigenvalue weighted by molar-refractivity contribution is -0.137. The van der Waals surface area contributed by atoms with Gasteiger partial charge in [0.2, 0.25) is 0 Å². The molecule has 1 atom stereocenters. The highest BCUT2D eigenvalue weighted by atomic mass is 16.5. The Morgan fingerprint density at radius 3 is 2.81 bits per heavy atom. The molecule has 0 unspecified atom stereocenters. The number of carbonyl (C=O) groups excluding carboxylic acids is 1. The van der Waals surface area contributed by atoms with Crippen molar-refractivity contribution in [1.82, 2.24) is 14.9 Å². The molecule has 1 saturated heterocycles. The van der Waals surface area contributed by atoms with Gasteiger partial charge in [0.1, 0.15) is 5.82 Å². The fourth-order valence-electron chi connectivity index (χ4n) is 3.10. The summed E-state index contributed by atoms with van der Waals surface area (Å²) >= 11 is 0. The number of likely N-dealkylation sites (tertiary alicyclic amines) is 1. The van der Waals surface area contributed by atoms with Crippen molar-refractivity contribution in [3.63, 3.8) is 0 Å². The average molecular weight is 366 g/mol. The van der Waals surface area contributed by atoms with Gasteiger partial charge in [-0.1, -0.05) is 29.8 Å². The van der Waals surface area contributed by atoms with E-state index in [1.807, 2.05) is 0 Å². The Hall–Kier alpha value is -2.73. The van der Waals surface area contributed by atoms with E-state index in [4.69, 9.17) is 4.74 Å². The highest BCUT2D eigenvalue weighted by Gasteiger charge is 2.22. The molecule has 3 rings (SSSR count). The summed E-state index contributed by atoms with van der Waals surface area (Å²) in [7, 11) is 0. The molecule has 1 aliphatic rings. The summed E-state index contributed by atoms with van der Waals surface area (Å²) in [5, 5.41) is 3.45. The second-order valence-corrected chi connectivity index (χ2v) is 6.76. The average Bonchev–Trinajstić information content (AvgIpc) is 3.10. The summed E-state index contributed by atoms with van der Waals surface area (Å²) in [6, 6.07) is 9.09. The van der Waals surface area contributed by atoms with E-state index in [1.54, 1.807) is 25.4 Å². The van der Waals surface area contributed by atoms with Gasteiger partial charge in [-0.25, -0.2) is 9.78 Å². The molecule has 6 heteroatoms. The van der Waals surface area contributed by atoms with Crippen LogP contribution >= 0.6 is 0 Å². The topological polar surface area (TPSA) is 67.3 Å². The van der Waals surface area contributed by atoms with Gasteiger partial charge in [0.25, 0.3) is 0 Å². The maximum atomic E-state index is 11.3. The van der Waals surface area contributed by atoms with Crippen LogP contribution in [0.3, 0.4) is 0 Å². The number of aromatic nitrogens is 2. The van der Waals surface area contributed by atoms with Gasteiger partial charge in [0.15, 0.2) is 0 Å². The molecule has 0 bridgehead atoms. The quantitative estimate of drug-likeness (QED) is 0.600. The Balaban J connectivity index is 1.48. The van der Waals surface area contributed by atoms with E-state index < -0.39 is 0 Å². The van der Waals surface area contributed by atoms with Gasteiger partial charge in [0.05, 0.1) is 24.7 Å². The minimum atomic E-state index is -0.374. The van der Waals surface area contributed by atoms with Crippen LogP contribution in [-0.2, 0) is 16.1 Å². The Bertz CT molecular complexity index is 772. The molecular weight excluding hydrogens is 340 g/mol. The molecule has 27 heavy (non-hydrogen) atoms. The smallest absolute Gasteiger partial charge is 0.330 e.